The van der Waals surface area contributed by atoms with E-state index in [0.717, 1.165) is 74.6 Å². The van der Waals surface area contributed by atoms with Gasteiger partial charge in [0.05, 0.1) is 13.7 Å². The summed E-state index contributed by atoms with van der Waals surface area (Å²) >= 11 is 0. The average molecular weight is 589 g/mol. The molecule has 1 saturated heterocycles. The molecular weight excluding hydrogens is 548 g/mol. The number of benzene rings is 1. The fourth-order valence-corrected chi connectivity index (χ4v) is 5.35. The lowest BCUT2D eigenvalue weighted by Crippen LogP contribution is -2.54. The Morgan fingerprint density at radius 3 is 2.49 bits per heavy atom. The molecule has 3 aromatic rings. The van der Waals surface area contributed by atoms with E-state index < -0.39 is 6.09 Å². The molecule has 1 aromatic carbocycles. The number of amides is 1. The molecule has 0 spiro atoms. The highest BCUT2D eigenvalue weighted by atomic mass is 16.5. The zero-order chi connectivity index (χ0) is 30.1. The first-order chi connectivity index (χ1) is 21.0. The van der Waals surface area contributed by atoms with E-state index in [-0.39, 0.29) is 11.5 Å². The highest BCUT2D eigenvalue weighted by Gasteiger charge is 2.56. The minimum Gasteiger partial charge on any atom is -0.468 e. The summed E-state index contributed by atoms with van der Waals surface area (Å²) in [5.74, 6) is 1.17. The van der Waals surface area contributed by atoms with Crippen molar-refractivity contribution in [3.05, 3.63) is 60.6 Å². The zero-order valence-corrected chi connectivity index (χ0v) is 24.8. The number of nitrogens with zero attached hydrogens (tertiary/aromatic N) is 5. The number of nitrogens with one attached hydrogen (secondary N) is 3. The highest BCUT2D eigenvalue weighted by Crippen LogP contribution is 2.43. The number of carbonyl (C=O) groups is 2. The summed E-state index contributed by atoms with van der Waals surface area (Å²) in [7, 11) is 1.48. The molecule has 228 valence electrons. The summed E-state index contributed by atoms with van der Waals surface area (Å²) in [6.45, 7) is 7.70. The van der Waals surface area contributed by atoms with Crippen molar-refractivity contribution in [3.8, 4) is 11.1 Å². The van der Waals surface area contributed by atoms with Gasteiger partial charge in [0.1, 0.15) is 11.4 Å². The second-order valence-corrected chi connectivity index (χ2v) is 10.8. The number of hydrogen-bond donors (Lipinski definition) is 3. The first-order valence-electron chi connectivity index (χ1n) is 14.8. The molecule has 0 unspecified atom stereocenters. The third-order valence-corrected chi connectivity index (χ3v) is 7.80. The van der Waals surface area contributed by atoms with Gasteiger partial charge in [0.15, 0.2) is 0 Å². The monoisotopic (exact) mass is 588 g/mol. The fourth-order valence-electron chi connectivity index (χ4n) is 5.35. The smallest absolute Gasteiger partial charge is 0.407 e. The van der Waals surface area contributed by atoms with E-state index in [1.807, 2.05) is 18.2 Å². The molecular formula is C31H40N8O4. The quantitative estimate of drug-likeness (QED) is 0.200. The topological polar surface area (TPSA) is 134 Å². The van der Waals surface area contributed by atoms with Crippen LogP contribution in [-0.2, 0) is 20.8 Å². The third-order valence-electron chi connectivity index (χ3n) is 7.80. The summed E-state index contributed by atoms with van der Waals surface area (Å²) < 4.78 is 9.90. The predicted octanol–water partition coefficient (Wildman–Crippen LogP) is 3.65. The molecule has 1 saturated carbocycles. The minimum atomic E-state index is -0.406. The summed E-state index contributed by atoms with van der Waals surface area (Å²) in [4.78, 5) is 41.7. The number of anilines is 3. The number of piperazine rings is 1. The van der Waals surface area contributed by atoms with Crippen molar-refractivity contribution in [1.82, 2.24) is 30.1 Å². The molecule has 3 N–H and O–H groups in total. The van der Waals surface area contributed by atoms with Crippen LogP contribution >= 0.6 is 0 Å². The fraction of sp³-hybridized carbons (Fsp3) is 0.452. The Kier molecular flexibility index (Phi) is 10.0. The summed E-state index contributed by atoms with van der Waals surface area (Å²) in [6.07, 6.45) is 7.44. The number of pyridine rings is 1. The standard InChI is InChI=1S/C31H40N8O4/c1-3-43-30(41)34-12-5-11-33-29-35-20-25(21-36-29)24-8-13-32-27(19-24)37-26-7-4-6-23(18-26)22-38-14-16-39(17-15-38)31(9-10-31)28(40)42-2/h4,6-8,13,18-21H,3,5,9-12,14-17,22H2,1-2H3,(H,32,37)(H,34,41)(H,33,35,36). The number of alkyl carbamates (subject to hydrolysis) is 1. The molecule has 1 aliphatic heterocycles. The van der Waals surface area contributed by atoms with Gasteiger partial charge >= 0.3 is 12.1 Å². The minimum absolute atomic E-state index is 0.0901. The van der Waals surface area contributed by atoms with Crippen LogP contribution in [0.1, 0.15) is 31.7 Å². The van der Waals surface area contributed by atoms with Crippen LogP contribution in [0.15, 0.2) is 55.0 Å². The molecule has 12 heteroatoms. The first-order valence-corrected chi connectivity index (χ1v) is 14.8. The highest BCUT2D eigenvalue weighted by molar-refractivity contribution is 5.84. The van der Waals surface area contributed by atoms with Gasteiger partial charge < -0.3 is 25.4 Å². The van der Waals surface area contributed by atoms with Crippen molar-refractivity contribution in [1.29, 1.82) is 0 Å². The van der Waals surface area contributed by atoms with Gasteiger partial charge in [0.2, 0.25) is 5.95 Å². The second-order valence-electron chi connectivity index (χ2n) is 10.8. The van der Waals surface area contributed by atoms with Crippen molar-refractivity contribution in [2.75, 3.05) is 63.6 Å². The summed E-state index contributed by atoms with van der Waals surface area (Å²) in [5.41, 5.74) is 3.65. The van der Waals surface area contributed by atoms with Gasteiger partial charge in [0, 0.05) is 75.7 Å². The van der Waals surface area contributed by atoms with Crippen LogP contribution in [0.2, 0.25) is 0 Å². The molecule has 1 aliphatic carbocycles. The van der Waals surface area contributed by atoms with Gasteiger partial charge in [0.25, 0.3) is 0 Å². The number of rotatable bonds is 13. The molecule has 2 aromatic heterocycles. The Bertz CT molecular complexity index is 1370. The molecule has 5 rings (SSSR count). The second kappa shape index (κ2) is 14.3. The van der Waals surface area contributed by atoms with Gasteiger partial charge in [-0.25, -0.2) is 19.7 Å². The van der Waals surface area contributed by atoms with Crippen molar-refractivity contribution in [2.24, 2.45) is 0 Å². The van der Waals surface area contributed by atoms with Crippen LogP contribution in [0.3, 0.4) is 0 Å². The van der Waals surface area contributed by atoms with E-state index >= 15 is 0 Å². The van der Waals surface area contributed by atoms with E-state index in [0.29, 0.717) is 25.6 Å². The lowest BCUT2D eigenvalue weighted by atomic mass is 10.1. The molecule has 12 nitrogen and oxygen atoms in total. The Morgan fingerprint density at radius 1 is 0.977 bits per heavy atom. The predicted molar refractivity (Wildman–Crippen MR) is 164 cm³/mol. The van der Waals surface area contributed by atoms with Crippen molar-refractivity contribution >= 4 is 29.5 Å². The number of methoxy groups -OCH3 is 1. The lowest BCUT2D eigenvalue weighted by Gasteiger charge is -2.38. The Morgan fingerprint density at radius 2 is 1.77 bits per heavy atom. The van der Waals surface area contributed by atoms with E-state index in [9.17, 15) is 9.59 Å². The maximum atomic E-state index is 12.2. The molecule has 1 amide bonds. The van der Waals surface area contributed by atoms with E-state index in [1.165, 1.54) is 12.7 Å². The Hall–Kier alpha value is -4.29. The van der Waals surface area contributed by atoms with Gasteiger partial charge in [-0.05, 0) is 61.6 Å². The van der Waals surface area contributed by atoms with Crippen molar-refractivity contribution in [3.63, 3.8) is 0 Å². The summed E-state index contributed by atoms with van der Waals surface area (Å²) in [6, 6.07) is 12.3. The molecule has 2 fully saturated rings. The van der Waals surface area contributed by atoms with Gasteiger partial charge in [-0.1, -0.05) is 12.1 Å². The summed E-state index contributed by atoms with van der Waals surface area (Å²) in [5, 5.41) is 9.28. The SMILES string of the molecule is CCOC(=O)NCCCNc1ncc(-c2ccnc(Nc3cccc(CN4CCN(C5(C(=O)OC)CC5)CC4)c3)c2)cn1. The van der Waals surface area contributed by atoms with Crippen LogP contribution in [0.25, 0.3) is 11.1 Å². The van der Waals surface area contributed by atoms with Gasteiger partial charge in [-0.2, -0.15) is 0 Å². The molecule has 0 atom stereocenters. The Balaban J connectivity index is 1.10. The number of esters is 1. The first kappa shape index (κ1) is 30.2. The maximum absolute atomic E-state index is 12.2. The van der Waals surface area contributed by atoms with Gasteiger partial charge in [-0.15, -0.1) is 0 Å². The van der Waals surface area contributed by atoms with Crippen LogP contribution in [0.4, 0.5) is 22.2 Å². The van der Waals surface area contributed by atoms with Gasteiger partial charge in [-0.3, -0.25) is 14.6 Å². The Labute approximate surface area is 252 Å². The molecule has 0 bridgehead atoms. The van der Waals surface area contributed by atoms with Crippen LogP contribution < -0.4 is 16.0 Å². The van der Waals surface area contributed by atoms with Crippen LogP contribution in [-0.4, -0.2) is 95.3 Å². The molecule has 0 radical (unpaired) electrons. The molecule has 3 heterocycles. The maximum Gasteiger partial charge on any atom is 0.407 e. The number of ether oxygens (including phenoxy) is 2. The van der Waals surface area contributed by atoms with Crippen molar-refractivity contribution < 1.29 is 19.1 Å². The van der Waals surface area contributed by atoms with E-state index in [1.54, 1.807) is 25.5 Å². The molecule has 43 heavy (non-hydrogen) atoms. The number of carbonyl (C=O) groups excluding carboxylic acids is 2. The zero-order valence-electron chi connectivity index (χ0n) is 24.8. The van der Waals surface area contributed by atoms with E-state index in [2.05, 4.69) is 58.9 Å². The average Bonchev–Trinajstić information content (AvgIpc) is 3.84. The van der Waals surface area contributed by atoms with E-state index in [4.69, 9.17) is 9.47 Å². The normalized spacial score (nSPS) is 16.2. The third kappa shape index (κ3) is 7.96. The lowest BCUT2D eigenvalue weighted by molar-refractivity contribution is -0.149. The largest absolute Gasteiger partial charge is 0.468 e. The number of aromatic nitrogens is 3. The van der Waals surface area contributed by atoms with Crippen LogP contribution in [0, 0.1) is 0 Å². The van der Waals surface area contributed by atoms with Crippen molar-refractivity contribution in [2.45, 2.75) is 38.3 Å². The molecule has 2 aliphatic rings. The van der Waals surface area contributed by atoms with Crippen LogP contribution in [0.5, 0.6) is 0 Å². The number of hydrogen-bond acceptors (Lipinski definition) is 11.